The van der Waals surface area contributed by atoms with E-state index in [-0.39, 0.29) is 12.2 Å². The molecule has 3 N–H and O–H groups in total. The Bertz CT molecular complexity index is 1180. The van der Waals surface area contributed by atoms with Gasteiger partial charge < -0.3 is 24.7 Å². The molecule has 2 unspecified atom stereocenters. The average Bonchev–Trinajstić information content (AvgIpc) is 3.23. The summed E-state index contributed by atoms with van der Waals surface area (Å²) < 4.78 is 18.4. The van der Waals surface area contributed by atoms with Crippen LogP contribution in [0.4, 0.5) is 5.82 Å². The summed E-state index contributed by atoms with van der Waals surface area (Å²) in [4.78, 5) is 40.2. The molecule has 186 valence electrons. The number of benzene rings is 1. The van der Waals surface area contributed by atoms with Gasteiger partial charge in [-0.15, -0.1) is 0 Å². The van der Waals surface area contributed by atoms with Crippen LogP contribution in [0.15, 0.2) is 41.8 Å². The molecule has 0 amide bonds. The van der Waals surface area contributed by atoms with Gasteiger partial charge in [-0.2, -0.15) is 5.43 Å². The second-order valence-electron chi connectivity index (χ2n) is 8.36. The molecule has 1 fully saturated rings. The predicted octanol–water partition coefficient (Wildman–Crippen LogP) is 2.24. The maximum Gasteiger partial charge on any atom is 0.412 e. The summed E-state index contributed by atoms with van der Waals surface area (Å²) in [5, 5.41) is 0. The van der Waals surface area contributed by atoms with E-state index in [1.165, 1.54) is 6.33 Å². The van der Waals surface area contributed by atoms with Crippen molar-refractivity contribution in [3.8, 4) is 5.75 Å². The number of ether oxygens (including phenoxy) is 2. The van der Waals surface area contributed by atoms with Gasteiger partial charge in [-0.25, -0.2) is 15.0 Å². The van der Waals surface area contributed by atoms with Crippen molar-refractivity contribution in [1.82, 2.24) is 24.9 Å². The topological polar surface area (TPSA) is 162 Å². The molecular formula is C22H28N7O5P. The molecule has 0 bridgehead atoms. The first-order chi connectivity index (χ1) is 16.9. The largest absolute Gasteiger partial charge is 0.574 e. The maximum atomic E-state index is 12.1. The van der Waals surface area contributed by atoms with Gasteiger partial charge in [0.2, 0.25) is 0 Å². The van der Waals surface area contributed by atoms with E-state index in [1.807, 2.05) is 23.6 Å². The molecule has 0 radical (unpaired) electrons. The van der Waals surface area contributed by atoms with Crippen molar-refractivity contribution in [2.75, 3.05) is 5.73 Å². The molecule has 13 heteroatoms. The van der Waals surface area contributed by atoms with Crippen LogP contribution in [-0.4, -0.2) is 43.7 Å². The average molecular weight is 501 g/mol. The Balaban J connectivity index is 1.22. The molecule has 1 aliphatic carbocycles. The minimum absolute atomic E-state index is 0.0121. The van der Waals surface area contributed by atoms with E-state index in [2.05, 4.69) is 25.2 Å². The van der Waals surface area contributed by atoms with Crippen molar-refractivity contribution < 1.29 is 23.7 Å². The Morgan fingerprint density at radius 1 is 1.29 bits per heavy atom. The summed E-state index contributed by atoms with van der Waals surface area (Å²) in [7, 11) is -2.40. The van der Waals surface area contributed by atoms with Crippen LogP contribution in [-0.2, 0) is 27.4 Å². The maximum absolute atomic E-state index is 12.1. The van der Waals surface area contributed by atoms with Gasteiger partial charge in [0.1, 0.15) is 24.0 Å². The summed E-state index contributed by atoms with van der Waals surface area (Å²) in [6.07, 6.45) is 5.80. The molecule has 1 aromatic carbocycles. The lowest BCUT2D eigenvalue weighted by Crippen LogP contribution is -2.36. The standard InChI is InChI=1S/C22H28N7O5P/c1-14(10-29-13-26-19-20(23)24-12-25-21(19)29)32-11-16-6-8-18(9-7-16)34-35(31)28-27-15(2)22(30)33-17-4-3-5-17/h6-9,12-15,17,27H,3-5,10-11H2,1-2H3,(H2,23,24,25)/t14-,15?/m1/s1. The second kappa shape index (κ2) is 11.5. The van der Waals surface area contributed by atoms with Crippen LogP contribution in [0.3, 0.4) is 0 Å². The zero-order valence-electron chi connectivity index (χ0n) is 19.5. The fourth-order valence-corrected chi connectivity index (χ4v) is 3.91. The molecule has 3 atom stereocenters. The van der Waals surface area contributed by atoms with Gasteiger partial charge in [0, 0.05) is 4.85 Å². The summed E-state index contributed by atoms with van der Waals surface area (Å²) in [6, 6.07) is 6.30. The zero-order valence-corrected chi connectivity index (χ0v) is 20.4. The molecule has 2 aromatic heterocycles. The number of aromatic nitrogens is 4. The fraction of sp³-hybridized carbons (Fsp3) is 0.455. The van der Waals surface area contributed by atoms with Crippen LogP contribution in [0.25, 0.3) is 11.2 Å². The van der Waals surface area contributed by atoms with E-state index in [1.54, 1.807) is 25.4 Å². The SMILES string of the molecule is CC(N/N=[P+](\[O-])Oc1ccc(CO[C@H](C)Cn2cnc3c(N)ncnc32)cc1)C(=O)OC1CCC1. The first-order valence-corrected chi connectivity index (χ1v) is 12.5. The molecular weight excluding hydrogens is 473 g/mol. The van der Waals surface area contributed by atoms with Gasteiger partial charge in [-0.3, -0.25) is 9.32 Å². The Morgan fingerprint density at radius 2 is 2.06 bits per heavy atom. The number of carbonyl (C=O) groups excluding carboxylic acids is 1. The second-order valence-corrected chi connectivity index (χ2v) is 9.22. The van der Waals surface area contributed by atoms with Crippen LogP contribution in [0.1, 0.15) is 38.7 Å². The Kier molecular flexibility index (Phi) is 8.19. The monoisotopic (exact) mass is 501 g/mol. The van der Waals surface area contributed by atoms with E-state index in [0.717, 1.165) is 24.8 Å². The molecule has 35 heavy (non-hydrogen) atoms. The van der Waals surface area contributed by atoms with E-state index in [0.29, 0.717) is 35.9 Å². The van der Waals surface area contributed by atoms with Gasteiger partial charge in [-0.1, -0.05) is 12.1 Å². The molecule has 1 aliphatic rings. The number of imidazole rings is 1. The van der Waals surface area contributed by atoms with Crippen molar-refractivity contribution >= 4 is 31.1 Å². The summed E-state index contributed by atoms with van der Waals surface area (Å²) >= 11 is 0. The van der Waals surface area contributed by atoms with E-state index in [9.17, 15) is 9.69 Å². The number of rotatable bonds is 11. The first-order valence-electron chi connectivity index (χ1n) is 11.3. The number of nitrogen functional groups attached to an aromatic ring is 1. The third-order valence-electron chi connectivity index (χ3n) is 5.55. The molecule has 0 aliphatic heterocycles. The van der Waals surface area contributed by atoms with Crippen molar-refractivity contribution in [3.05, 3.63) is 42.5 Å². The minimum Gasteiger partial charge on any atom is -0.574 e. The molecule has 2 heterocycles. The molecule has 1 saturated carbocycles. The molecule has 0 spiro atoms. The van der Waals surface area contributed by atoms with Gasteiger partial charge in [0.15, 0.2) is 17.2 Å². The van der Waals surface area contributed by atoms with Crippen LogP contribution in [0.2, 0.25) is 0 Å². The van der Waals surface area contributed by atoms with E-state index >= 15 is 0 Å². The molecule has 3 aromatic rings. The highest BCUT2D eigenvalue weighted by Gasteiger charge is 2.25. The Labute approximate surface area is 203 Å². The summed E-state index contributed by atoms with van der Waals surface area (Å²) in [5.41, 5.74) is 10.5. The van der Waals surface area contributed by atoms with Crippen LogP contribution < -0.4 is 20.6 Å². The lowest BCUT2D eigenvalue weighted by Gasteiger charge is -2.26. The molecule has 12 nitrogen and oxygen atoms in total. The van der Waals surface area contributed by atoms with Gasteiger partial charge in [0.25, 0.3) is 0 Å². The quantitative estimate of drug-likeness (QED) is 0.226. The number of nitrogens with two attached hydrogens (primary N) is 1. The predicted molar refractivity (Wildman–Crippen MR) is 127 cm³/mol. The van der Waals surface area contributed by atoms with E-state index in [4.69, 9.17) is 19.7 Å². The number of nitrogens with zero attached hydrogens (tertiary/aromatic N) is 5. The number of nitrogens with one attached hydrogen (secondary N) is 1. The van der Waals surface area contributed by atoms with Crippen molar-refractivity contribution in [2.45, 2.75) is 64.5 Å². The van der Waals surface area contributed by atoms with Crippen LogP contribution in [0, 0.1) is 0 Å². The lowest BCUT2D eigenvalue weighted by atomic mass is 9.96. The van der Waals surface area contributed by atoms with Gasteiger partial charge in [-0.05, 0) is 50.8 Å². The number of hydrogen-bond acceptors (Lipinski definition) is 10. The van der Waals surface area contributed by atoms with Crippen LogP contribution in [0.5, 0.6) is 5.75 Å². The molecule has 4 rings (SSSR count). The third-order valence-corrected chi connectivity index (χ3v) is 6.19. The van der Waals surface area contributed by atoms with Gasteiger partial charge >= 0.3 is 14.1 Å². The van der Waals surface area contributed by atoms with Crippen molar-refractivity contribution in [2.24, 2.45) is 4.85 Å². The minimum atomic E-state index is -2.40. The highest BCUT2D eigenvalue weighted by molar-refractivity contribution is 7.33. The van der Waals surface area contributed by atoms with Crippen molar-refractivity contribution in [1.29, 1.82) is 0 Å². The smallest absolute Gasteiger partial charge is 0.412 e. The number of carbonyl (C=O) groups is 1. The molecule has 0 saturated heterocycles. The fourth-order valence-electron chi connectivity index (χ4n) is 3.30. The first kappa shape index (κ1) is 24.9. The normalized spacial score (nSPS) is 16.0. The highest BCUT2D eigenvalue weighted by Crippen LogP contribution is 2.24. The van der Waals surface area contributed by atoms with Gasteiger partial charge in [0.05, 0.1) is 25.6 Å². The summed E-state index contributed by atoms with van der Waals surface area (Å²) in [5.74, 6) is 0.315. The Hall–Kier alpha value is -3.18. The number of esters is 1. The number of anilines is 1. The van der Waals surface area contributed by atoms with E-state index < -0.39 is 20.2 Å². The Morgan fingerprint density at radius 3 is 2.77 bits per heavy atom. The van der Waals surface area contributed by atoms with Crippen molar-refractivity contribution in [3.63, 3.8) is 0 Å². The van der Waals surface area contributed by atoms with Crippen LogP contribution >= 0.6 is 8.17 Å². The number of fused-ring (bicyclic) bond motifs is 1. The third kappa shape index (κ3) is 6.70. The lowest BCUT2D eigenvalue weighted by molar-refractivity contribution is -0.169. The highest BCUT2D eigenvalue weighted by atomic mass is 31.1. The summed E-state index contributed by atoms with van der Waals surface area (Å²) in [6.45, 7) is 4.48. The zero-order chi connectivity index (χ0) is 24.8. The number of hydrogen-bond donors (Lipinski definition) is 2.